The average molecular weight is 792 g/mol. The summed E-state index contributed by atoms with van der Waals surface area (Å²) in [6, 6.07) is 7.99. The molecule has 0 aromatic heterocycles. The smallest absolute Gasteiger partial charge is 0.222 e. The molecule has 1 rings (SSSR count). The van der Waals surface area contributed by atoms with Crippen molar-refractivity contribution < 1.29 is 56.6 Å². The maximum atomic E-state index is 12.1. The van der Waals surface area contributed by atoms with E-state index in [1.54, 1.807) is 0 Å². The van der Waals surface area contributed by atoms with Crippen molar-refractivity contribution in [1.29, 1.82) is 0 Å². The van der Waals surface area contributed by atoms with Crippen molar-refractivity contribution in [2.45, 2.75) is 85.6 Å². The summed E-state index contributed by atoms with van der Waals surface area (Å²) in [7, 11) is 0. The molecule has 14 nitrogen and oxygen atoms in total. The molecule has 1 aromatic rings. The number of benzene rings is 1. The van der Waals surface area contributed by atoms with Crippen LogP contribution in [0, 0.1) is 6.92 Å². The van der Waals surface area contributed by atoms with E-state index in [9.17, 15) is 14.4 Å². The van der Waals surface area contributed by atoms with Gasteiger partial charge in [-0.15, -0.1) is 0 Å². The second-order valence-electron chi connectivity index (χ2n) is 12.4. The zero-order valence-corrected chi connectivity index (χ0v) is 34.8. The minimum Gasteiger partial charge on any atom is -0.379 e. The van der Waals surface area contributed by atoms with Gasteiger partial charge < -0.3 is 53.8 Å². The fourth-order valence-electron chi connectivity index (χ4n) is 4.78. The highest BCUT2D eigenvalue weighted by Gasteiger charge is 2.16. The summed E-state index contributed by atoms with van der Waals surface area (Å²) in [6.45, 7) is 19.1. The van der Waals surface area contributed by atoms with Crippen LogP contribution in [0.5, 0.6) is 0 Å². The normalized spacial score (nSPS) is 11.5. The van der Waals surface area contributed by atoms with Crippen LogP contribution in [-0.2, 0) is 58.7 Å². The summed E-state index contributed by atoms with van der Waals surface area (Å²) >= 11 is 0. The Bertz CT molecular complexity index is 1030. The molecule has 0 aliphatic rings. The zero-order chi connectivity index (χ0) is 40.5. The fraction of sp³-hybridized carbons (Fsp3) is 0.780. The molecule has 0 saturated heterocycles. The lowest BCUT2D eigenvalue weighted by atomic mass is 10.1. The SMILES string of the molecule is CC.CCNCCCC[C@H](NC(=O)CCOCCOCCOCCOCCOCCOCCOCCOCCNC(=O)CCCc1ccc(C)cc1)C(C)=O.[HH].[HH].[HH]. The highest BCUT2D eigenvalue weighted by molar-refractivity contribution is 5.87. The van der Waals surface area contributed by atoms with Crippen LogP contribution in [0.4, 0.5) is 0 Å². The van der Waals surface area contributed by atoms with Gasteiger partial charge in [0, 0.05) is 23.7 Å². The van der Waals surface area contributed by atoms with Crippen molar-refractivity contribution in [2.75, 3.05) is 125 Å². The van der Waals surface area contributed by atoms with Crippen LogP contribution in [0.25, 0.3) is 0 Å². The standard InChI is InChI=1S/C39H69N3O11.C2H6.3H2/c1-4-40-16-6-5-9-37(35(3)43)42-39(45)15-18-46-20-22-48-24-26-50-28-30-52-32-33-53-31-29-51-27-25-49-23-21-47-19-17-41-38(44)10-7-8-36-13-11-34(2)12-14-36;1-2;;;/h11-14,37,40H,4-10,15-33H2,1-3H3,(H,41,44)(H,42,45);1-2H3;3*1H/t37-;;;;/m0..../s1. The van der Waals surface area contributed by atoms with Gasteiger partial charge in [-0.25, -0.2) is 0 Å². The number of carbonyl (C=O) groups excluding carboxylic acids is 3. The quantitative estimate of drug-likeness (QED) is 0.0799. The summed E-state index contributed by atoms with van der Waals surface area (Å²) in [5, 5.41) is 8.95. The van der Waals surface area contributed by atoms with Gasteiger partial charge in [-0.3, -0.25) is 14.4 Å². The first kappa shape index (κ1) is 52.5. The summed E-state index contributed by atoms with van der Waals surface area (Å²) in [4.78, 5) is 35.9. The number of aryl methyl sites for hydroxylation is 2. The molecule has 3 N–H and O–H groups in total. The van der Waals surface area contributed by atoms with Gasteiger partial charge in [-0.05, 0) is 64.6 Å². The Morgan fingerprint density at radius 3 is 1.49 bits per heavy atom. The lowest BCUT2D eigenvalue weighted by molar-refractivity contribution is -0.127. The number of nitrogens with one attached hydrogen (secondary N) is 3. The zero-order valence-electron chi connectivity index (χ0n) is 34.8. The van der Waals surface area contributed by atoms with Gasteiger partial charge in [0.15, 0.2) is 5.78 Å². The number of unbranched alkanes of at least 4 members (excludes halogenated alkanes) is 1. The third kappa shape index (κ3) is 36.8. The molecular weight excluding hydrogens is 710 g/mol. The molecule has 0 radical (unpaired) electrons. The average Bonchev–Trinajstić information content (AvgIpc) is 3.18. The first-order chi connectivity index (χ1) is 26.9. The van der Waals surface area contributed by atoms with Crippen LogP contribution in [-0.4, -0.2) is 149 Å². The number of hydrogen-bond donors (Lipinski definition) is 3. The number of carbonyl (C=O) groups is 3. The number of rotatable bonds is 39. The van der Waals surface area contributed by atoms with Crippen LogP contribution in [0.2, 0.25) is 0 Å². The van der Waals surface area contributed by atoms with Gasteiger partial charge in [0.2, 0.25) is 11.8 Å². The van der Waals surface area contributed by atoms with Gasteiger partial charge in [-0.1, -0.05) is 50.6 Å². The van der Waals surface area contributed by atoms with Gasteiger partial charge in [0.1, 0.15) is 0 Å². The van der Waals surface area contributed by atoms with E-state index in [1.165, 1.54) is 18.1 Å². The lowest BCUT2D eigenvalue weighted by Gasteiger charge is -2.16. The van der Waals surface area contributed by atoms with Crippen LogP contribution in [0.1, 0.15) is 81.6 Å². The molecule has 0 unspecified atom stereocenters. The third-order valence-electron chi connectivity index (χ3n) is 7.81. The molecule has 0 fully saturated rings. The van der Waals surface area contributed by atoms with Gasteiger partial charge >= 0.3 is 0 Å². The maximum absolute atomic E-state index is 12.1. The molecule has 0 heterocycles. The minimum absolute atomic E-state index is 0. The van der Waals surface area contributed by atoms with E-state index >= 15 is 0 Å². The number of ketones is 1. The highest BCUT2D eigenvalue weighted by atomic mass is 16.6. The Hall–Kier alpha value is -2.53. The molecular formula is C41H81N3O11. The van der Waals surface area contributed by atoms with Crippen molar-refractivity contribution in [3.05, 3.63) is 35.4 Å². The summed E-state index contributed by atoms with van der Waals surface area (Å²) < 4.78 is 43.9. The molecule has 0 aliphatic carbocycles. The van der Waals surface area contributed by atoms with E-state index in [0.29, 0.717) is 118 Å². The molecule has 0 saturated carbocycles. The van der Waals surface area contributed by atoms with E-state index in [-0.39, 0.29) is 34.9 Å². The largest absolute Gasteiger partial charge is 0.379 e. The van der Waals surface area contributed by atoms with E-state index in [2.05, 4.69) is 54.1 Å². The molecule has 14 heteroatoms. The molecule has 1 atom stereocenters. The predicted octanol–water partition coefficient (Wildman–Crippen LogP) is 4.57. The second-order valence-corrected chi connectivity index (χ2v) is 12.4. The van der Waals surface area contributed by atoms with Gasteiger partial charge in [0.05, 0.1) is 112 Å². The Morgan fingerprint density at radius 2 is 1.04 bits per heavy atom. The minimum atomic E-state index is -0.432. The van der Waals surface area contributed by atoms with Crippen LogP contribution < -0.4 is 16.0 Å². The molecule has 326 valence electrons. The van der Waals surface area contributed by atoms with Crippen molar-refractivity contribution in [3.8, 4) is 0 Å². The van der Waals surface area contributed by atoms with E-state index < -0.39 is 6.04 Å². The monoisotopic (exact) mass is 792 g/mol. The van der Waals surface area contributed by atoms with E-state index in [4.69, 9.17) is 37.9 Å². The summed E-state index contributed by atoms with van der Waals surface area (Å²) in [5.74, 6) is -0.150. The van der Waals surface area contributed by atoms with Crippen LogP contribution in [0.3, 0.4) is 0 Å². The Labute approximate surface area is 336 Å². The van der Waals surface area contributed by atoms with Crippen LogP contribution >= 0.6 is 0 Å². The van der Waals surface area contributed by atoms with E-state index in [1.807, 2.05) is 13.8 Å². The van der Waals surface area contributed by atoms with Gasteiger partial charge in [0.25, 0.3) is 0 Å². The topological polar surface area (TPSA) is 161 Å². The molecule has 0 aliphatic heterocycles. The van der Waals surface area contributed by atoms with Crippen molar-refractivity contribution in [1.82, 2.24) is 16.0 Å². The Kier molecular flexibility index (Phi) is 39.2. The predicted molar refractivity (Wildman–Crippen MR) is 221 cm³/mol. The second kappa shape index (κ2) is 41.1. The number of hydrogen-bond acceptors (Lipinski definition) is 12. The number of ether oxygens (including phenoxy) is 8. The molecule has 55 heavy (non-hydrogen) atoms. The maximum Gasteiger partial charge on any atom is 0.222 e. The third-order valence-corrected chi connectivity index (χ3v) is 7.81. The molecule has 0 bridgehead atoms. The lowest BCUT2D eigenvalue weighted by Crippen LogP contribution is -2.40. The first-order valence-electron chi connectivity index (χ1n) is 20.4. The van der Waals surface area contributed by atoms with Crippen molar-refractivity contribution in [3.63, 3.8) is 0 Å². The molecule has 2 amide bonds. The highest BCUT2D eigenvalue weighted by Crippen LogP contribution is 2.07. The number of amides is 2. The first-order valence-corrected chi connectivity index (χ1v) is 20.4. The van der Waals surface area contributed by atoms with Gasteiger partial charge in [-0.2, -0.15) is 0 Å². The molecule has 0 spiro atoms. The van der Waals surface area contributed by atoms with Crippen molar-refractivity contribution >= 4 is 17.6 Å². The Morgan fingerprint density at radius 1 is 0.582 bits per heavy atom. The summed E-state index contributed by atoms with van der Waals surface area (Å²) in [5.41, 5.74) is 2.50. The van der Waals surface area contributed by atoms with E-state index in [0.717, 1.165) is 38.8 Å². The fourth-order valence-corrected chi connectivity index (χ4v) is 4.78. The molecule has 1 aromatic carbocycles. The van der Waals surface area contributed by atoms with Crippen LogP contribution in [0.15, 0.2) is 24.3 Å². The summed E-state index contributed by atoms with van der Waals surface area (Å²) in [6.07, 6.45) is 4.96. The number of Topliss-reactive ketones (excluding diaryl/α,β-unsaturated/α-hetero) is 1. The van der Waals surface area contributed by atoms with Crippen molar-refractivity contribution in [2.24, 2.45) is 0 Å². The Balaban J connectivity index is -0.00000287.